The Hall–Kier alpha value is -0.240. The van der Waals surface area contributed by atoms with Gasteiger partial charge in [-0.05, 0) is 12.8 Å². The van der Waals surface area contributed by atoms with Crippen LogP contribution in [0.4, 0.5) is 0 Å². The van der Waals surface area contributed by atoms with E-state index in [0.29, 0.717) is 12.7 Å². The molecule has 0 radical (unpaired) electrons. The van der Waals surface area contributed by atoms with E-state index < -0.39 is 10.0 Å². The van der Waals surface area contributed by atoms with Crippen molar-refractivity contribution in [1.29, 1.82) is 0 Å². The summed E-state index contributed by atoms with van der Waals surface area (Å²) in [6, 6.07) is 0. The summed E-state index contributed by atoms with van der Waals surface area (Å²) in [7, 11) is -3.38. The number of sulfonamides is 1. The molecule has 0 amide bonds. The molecule has 0 aromatic heterocycles. The summed E-state index contributed by atoms with van der Waals surface area (Å²) < 4.78 is 30.7. The lowest BCUT2D eigenvalue weighted by Gasteiger charge is -2.21. The summed E-state index contributed by atoms with van der Waals surface area (Å²) in [6.07, 6.45) is 6.15. The van der Waals surface area contributed by atoms with Crippen molar-refractivity contribution in [2.45, 2.75) is 38.2 Å². The first-order chi connectivity index (χ1) is 7.99. The van der Waals surface area contributed by atoms with Crippen LogP contribution in [0.25, 0.3) is 0 Å². The Balaban J connectivity index is 2.12. The number of hydrogen-bond donors (Lipinski definition) is 2. The van der Waals surface area contributed by atoms with Gasteiger partial charge in [0.25, 0.3) is 0 Å². The van der Waals surface area contributed by atoms with E-state index in [9.17, 15) is 8.42 Å². The van der Waals surface area contributed by atoms with Crippen molar-refractivity contribution in [1.82, 2.24) is 4.72 Å². The van der Waals surface area contributed by atoms with Gasteiger partial charge in [0.1, 0.15) is 5.75 Å². The van der Waals surface area contributed by atoms with Gasteiger partial charge in [0, 0.05) is 6.54 Å². The molecule has 0 atom stereocenters. The Labute approximate surface area is 108 Å². The van der Waals surface area contributed by atoms with Gasteiger partial charge in [-0.1, -0.05) is 31.5 Å². The van der Waals surface area contributed by atoms with Gasteiger partial charge in [-0.2, -0.15) is 0 Å². The van der Waals surface area contributed by atoms with E-state index >= 15 is 0 Å². The van der Waals surface area contributed by atoms with Gasteiger partial charge >= 0.3 is 0 Å². The van der Waals surface area contributed by atoms with Crippen molar-refractivity contribution in [2.24, 2.45) is 5.73 Å². The van der Waals surface area contributed by atoms with Gasteiger partial charge in [0.05, 0.1) is 17.7 Å². The molecule has 0 spiro atoms. The van der Waals surface area contributed by atoms with Crippen molar-refractivity contribution >= 4 is 27.2 Å². The van der Waals surface area contributed by atoms with Crippen molar-refractivity contribution in [2.75, 3.05) is 18.9 Å². The van der Waals surface area contributed by atoms with E-state index in [1.54, 1.807) is 0 Å². The highest BCUT2D eigenvalue weighted by molar-refractivity contribution is 7.92. The number of thiocarbonyl (C=S) groups is 1. The predicted molar refractivity (Wildman–Crippen MR) is 71.4 cm³/mol. The van der Waals surface area contributed by atoms with E-state index in [4.69, 9.17) is 10.5 Å². The minimum absolute atomic E-state index is 0.0225. The smallest absolute Gasteiger partial charge is 0.218 e. The predicted octanol–water partition coefficient (Wildman–Crippen LogP) is 0.541. The molecule has 7 heteroatoms. The second-order valence-electron chi connectivity index (χ2n) is 4.25. The molecule has 17 heavy (non-hydrogen) atoms. The fraction of sp³-hybridized carbons (Fsp3) is 0.900. The van der Waals surface area contributed by atoms with Crippen LogP contribution >= 0.6 is 12.2 Å². The van der Waals surface area contributed by atoms with Gasteiger partial charge in [0.15, 0.2) is 0 Å². The zero-order valence-corrected chi connectivity index (χ0v) is 11.5. The third-order valence-corrected chi connectivity index (χ3v) is 4.32. The van der Waals surface area contributed by atoms with E-state index in [0.717, 1.165) is 12.8 Å². The number of ether oxygens (including phenoxy) is 1. The highest BCUT2D eigenvalue weighted by Gasteiger charge is 2.14. The van der Waals surface area contributed by atoms with Crippen molar-refractivity contribution in [3.63, 3.8) is 0 Å². The Morgan fingerprint density at radius 3 is 2.59 bits per heavy atom. The van der Waals surface area contributed by atoms with E-state index in [2.05, 4.69) is 16.9 Å². The van der Waals surface area contributed by atoms with Crippen molar-refractivity contribution < 1.29 is 13.2 Å². The average Bonchev–Trinajstić information content (AvgIpc) is 2.24. The number of nitrogens with one attached hydrogen (secondary N) is 1. The standard InChI is InChI=1S/C10H20N2O3S2/c11-10(16)8-17(13,14)12-6-7-15-9-4-2-1-3-5-9/h9,12H,1-8H2,(H2,11,16). The summed E-state index contributed by atoms with van der Waals surface area (Å²) in [6.45, 7) is 0.683. The minimum atomic E-state index is -3.38. The zero-order chi connectivity index (χ0) is 12.7. The Morgan fingerprint density at radius 1 is 1.35 bits per heavy atom. The summed E-state index contributed by atoms with van der Waals surface area (Å²) in [4.78, 5) is -0.0225. The molecule has 3 N–H and O–H groups in total. The molecule has 0 aliphatic heterocycles. The molecule has 0 heterocycles. The van der Waals surface area contributed by atoms with Crippen LogP contribution in [-0.2, 0) is 14.8 Å². The quantitative estimate of drug-likeness (QED) is 0.525. The molecule has 0 saturated heterocycles. The molecule has 0 unspecified atom stereocenters. The fourth-order valence-electron chi connectivity index (χ4n) is 1.89. The SMILES string of the molecule is NC(=S)CS(=O)(=O)NCCOC1CCCCC1. The zero-order valence-electron chi connectivity index (χ0n) is 9.85. The Bertz CT molecular complexity index is 337. The molecule has 1 aliphatic carbocycles. The molecule has 0 bridgehead atoms. The lowest BCUT2D eigenvalue weighted by molar-refractivity contribution is 0.0321. The maximum absolute atomic E-state index is 11.4. The maximum atomic E-state index is 11.4. The second-order valence-corrected chi connectivity index (χ2v) is 6.58. The normalized spacial score (nSPS) is 18.1. The van der Waals surface area contributed by atoms with E-state index in [1.165, 1.54) is 19.3 Å². The van der Waals surface area contributed by atoms with Gasteiger partial charge < -0.3 is 10.5 Å². The average molecular weight is 280 g/mol. The van der Waals surface area contributed by atoms with Gasteiger partial charge in [-0.15, -0.1) is 0 Å². The number of hydrogen-bond acceptors (Lipinski definition) is 4. The van der Waals surface area contributed by atoms with Gasteiger partial charge in [0.2, 0.25) is 10.0 Å². The van der Waals surface area contributed by atoms with Crippen LogP contribution in [-0.4, -0.2) is 38.4 Å². The largest absolute Gasteiger partial charge is 0.392 e. The Kier molecular flexibility index (Phi) is 6.32. The van der Waals surface area contributed by atoms with E-state index in [1.807, 2.05) is 0 Å². The molecular formula is C10H20N2O3S2. The van der Waals surface area contributed by atoms with Crippen molar-refractivity contribution in [3.8, 4) is 0 Å². The minimum Gasteiger partial charge on any atom is -0.392 e. The van der Waals surface area contributed by atoms with Gasteiger partial charge in [-0.3, -0.25) is 0 Å². The first kappa shape index (κ1) is 14.8. The summed E-state index contributed by atoms with van der Waals surface area (Å²) in [5.74, 6) is -0.300. The molecule has 1 rings (SSSR count). The third kappa shape index (κ3) is 6.92. The molecule has 1 aliphatic rings. The van der Waals surface area contributed by atoms with Crippen LogP contribution in [0.1, 0.15) is 32.1 Å². The fourth-order valence-corrected chi connectivity index (χ4v) is 3.23. The van der Waals surface area contributed by atoms with Gasteiger partial charge in [-0.25, -0.2) is 13.1 Å². The summed E-state index contributed by atoms with van der Waals surface area (Å²) >= 11 is 4.55. The molecule has 100 valence electrons. The van der Waals surface area contributed by atoms with Crippen molar-refractivity contribution in [3.05, 3.63) is 0 Å². The van der Waals surface area contributed by atoms with Crippen LogP contribution in [0.3, 0.4) is 0 Å². The van der Waals surface area contributed by atoms with Crippen LogP contribution in [0.15, 0.2) is 0 Å². The first-order valence-corrected chi connectivity index (χ1v) is 7.93. The highest BCUT2D eigenvalue weighted by Crippen LogP contribution is 2.19. The molecule has 1 saturated carbocycles. The lowest BCUT2D eigenvalue weighted by Crippen LogP contribution is -2.35. The number of rotatable bonds is 7. The monoisotopic (exact) mass is 280 g/mol. The topological polar surface area (TPSA) is 81.4 Å². The highest BCUT2D eigenvalue weighted by atomic mass is 32.2. The summed E-state index contributed by atoms with van der Waals surface area (Å²) in [5, 5.41) is 0. The molecular weight excluding hydrogens is 260 g/mol. The summed E-state index contributed by atoms with van der Waals surface area (Å²) in [5.41, 5.74) is 5.18. The first-order valence-electron chi connectivity index (χ1n) is 5.87. The lowest BCUT2D eigenvalue weighted by atomic mass is 9.98. The molecule has 0 aromatic rings. The van der Waals surface area contributed by atoms with Crippen LogP contribution in [0, 0.1) is 0 Å². The van der Waals surface area contributed by atoms with E-state index in [-0.39, 0.29) is 17.3 Å². The third-order valence-electron chi connectivity index (χ3n) is 2.66. The molecule has 0 aromatic carbocycles. The molecule has 5 nitrogen and oxygen atoms in total. The van der Waals surface area contributed by atoms with Crippen LogP contribution in [0.2, 0.25) is 0 Å². The van der Waals surface area contributed by atoms with Crippen LogP contribution in [0.5, 0.6) is 0 Å². The Morgan fingerprint density at radius 2 is 2.00 bits per heavy atom. The molecule has 1 fully saturated rings. The van der Waals surface area contributed by atoms with Crippen LogP contribution < -0.4 is 10.5 Å². The maximum Gasteiger partial charge on any atom is 0.218 e. The number of nitrogens with two attached hydrogens (primary N) is 1. The second kappa shape index (κ2) is 7.25.